The van der Waals surface area contributed by atoms with Crippen LogP contribution in [0.1, 0.15) is 96.2 Å². The third-order valence-corrected chi connectivity index (χ3v) is 12.4. The number of carbonyl (C=O) groups is 5. The van der Waals surface area contributed by atoms with Crippen LogP contribution >= 0.6 is 0 Å². The van der Waals surface area contributed by atoms with Crippen LogP contribution in [0.15, 0.2) is 122 Å². The molecule has 4 amide bonds. The van der Waals surface area contributed by atoms with Crippen LogP contribution in [0.2, 0.25) is 0 Å². The first kappa shape index (κ1) is 64.0. The highest BCUT2D eigenvalue weighted by molar-refractivity contribution is 6.13. The second-order valence-corrected chi connectivity index (χ2v) is 19.4. The van der Waals surface area contributed by atoms with E-state index in [9.17, 15) is 37.1 Å². The van der Waals surface area contributed by atoms with Gasteiger partial charge in [-0.05, 0) is 163 Å². The number of nitrogens with one attached hydrogen (secondary N) is 4. The third-order valence-electron chi connectivity index (χ3n) is 12.4. The molecule has 3 aromatic heterocycles. The summed E-state index contributed by atoms with van der Waals surface area (Å²) in [6, 6.07) is 27.9. The molecule has 4 N–H and O–H groups in total. The molecule has 85 heavy (non-hydrogen) atoms. The van der Waals surface area contributed by atoms with Crippen molar-refractivity contribution in [3.63, 3.8) is 0 Å². The minimum atomic E-state index is -0.387. The summed E-state index contributed by atoms with van der Waals surface area (Å²) in [5.41, 5.74) is 6.71. The highest BCUT2D eigenvalue weighted by atomic mass is 19.1. The Kier molecular flexibility index (Phi) is 22.4. The Morgan fingerprint density at radius 2 is 0.812 bits per heavy atom. The maximum atomic E-state index is 13.3. The normalized spacial score (nSPS) is 10.7. The van der Waals surface area contributed by atoms with Gasteiger partial charge >= 0.3 is 6.15 Å². The highest BCUT2D eigenvalue weighted by Crippen LogP contribution is 2.41. The molecule has 0 saturated heterocycles. The summed E-state index contributed by atoms with van der Waals surface area (Å²) >= 11 is 0. The molecule has 6 aromatic carbocycles. The van der Waals surface area contributed by atoms with Crippen LogP contribution in [-0.2, 0) is 43.5 Å². The molecule has 0 radical (unpaired) electrons. The first-order valence-corrected chi connectivity index (χ1v) is 26.7. The molecule has 0 aliphatic carbocycles. The second-order valence-electron chi connectivity index (χ2n) is 19.4. The van der Waals surface area contributed by atoms with Crippen molar-refractivity contribution in [1.82, 2.24) is 21.3 Å². The minimum absolute atomic E-state index is 0.00336. The van der Waals surface area contributed by atoms with Crippen LogP contribution in [0.5, 0.6) is 17.2 Å². The van der Waals surface area contributed by atoms with Crippen LogP contribution in [0.3, 0.4) is 0 Å². The highest BCUT2D eigenvalue weighted by Gasteiger charge is 2.27. The van der Waals surface area contributed by atoms with Gasteiger partial charge in [0.25, 0.3) is 24.2 Å². The van der Waals surface area contributed by atoms with E-state index < -0.39 is 0 Å². The van der Waals surface area contributed by atoms with Gasteiger partial charge < -0.3 is 53.5 Å². The number of furan rings is 3. The SMILES string of the molecule is CCc1cc2oc(-c3ccc(F)cc3)c(C(=O)NC)c2cc1OC(C)C.CNC(=O)c1c(-c2ccc(F)cc2)oc2cc(CNC=O)c(OC(C)C)cc12.CNC(=O)c1c(-c2ccc(F)cc2)oc2cc(COC=O)c(OC(C)C)cc12.O=C=O. The lowest BCUT2D eigenvalue weighted by molar-refractivity contribution is -0.191. The van der Waals surface area contributed by atoms with Crippen molar-refractivity contribution in [2.24, 2.45) is 0 Å². The topological polar surface area (TPSA) is 244 Å². The van der Waals surface area contributed by atoms with Gasteiger partial charge in [-0.2, -0.15) is 9.59 Å². The van der Waals surface area contributed by atoms with Crippen molar-refractivity contribution in [3.05, 3.63) is 160 Å². The third kappa shape index (κ3) is 15.7. The number of ether oxygens (including phenoxy) is 4. The number of aryl methyl sites for hydroxylation is 1. The van der Waals surface area contributed by atoms with E-state index in [1.54, 1.807) is 67.7 Å². The number of fused-ring (bicyclic) bond motifs is 3. The molecule has 21 heteroatoms. The number of carbonyl (C=O) groups excluding carboxylic acids is 7. The van der Waals surface area contributed by atoms with E-state index in [-0.39, 0.29) is 72.8 Å². The Morgan fingerprint density at radius 1 is 0.506 bits per heavy atom. The van der Waals surface area contributed by atoms with E-state index in [4.69, 9.17) is 41.8 Å². The molecule has 0 fully saturated rings. The Balaban J connectivity index is 0.000000199. The molecule has 444 valence electrons. The van der Waals surface area contributed by atoms with Crippen LogP contribution in [0.4, 0.5) is 13.2 Å². The lowest BCUT2D eigenvalue weighted by atomic mass is 10.0. The van der Waals surface area contributed by atoms with E-state index in [1.807, 2.05) is 60.6 Å². The molecule has 0 unspecified atom stereocenters. The fraction of sp³-hybridized carbons (Fsp3) is 0.250. The summed E-state index contributed by atoms with van der Waals surface area (Å²) in [6.45, 7) is 14.1. The summed E-state index contributed by atoms with van der Waals surface area (Å²) in [4.78, 5) is 75.3. The van der Waals surface area contributed by atoms with E-state index in [2.05, 4.69) is 21.3 Å². The zero-order valence-corrected chi connectivity index (χ0v) is 48.2. The van der Waals surface area contributed by atoms with Gasteiger partial charge in [-0.1, -0.05) is 6.92 Å². The molecule has 0 bridgehead atoms. The summed E-state index contributed by atoms with van der Waals surface area (Å²) in [5.74, 6) is 0.819. The predicted octanol–water partition coefficient (Wildman–Crippen LogP) is 12.1. The van der Waals surface area contributed by atoms with E-state index in [1.165, 1.54) is 50.5 Å². The van der Waals surface area contributed by atoms with Crippen LogP contribution in [0.25, 0.3) is 66.9 Å². The summed E-state index contributed by atoms with van der Waals surface area (Å²) in [5, 5.41) is 12.3. The Hall–Kier alpha value is -10.1. The van der Waals surface area contributed by atoms with E-state index in [0.717, 1.165) is 23.3 Å². The minimum Gasteiger partial charge on any atom is -0.491 e. The number of rotatable bonds is 19. The zero-order valence-electron chi connectivity index (χ0n) is 48.2. The van der Waals surface area contributed by atoms with Crippen molar-refractivity contribution in [2.75, 3.05) is 21.1 Å². The van der Waals surface area contributed by atoms with Gasteiger partial charge in [0.1, 0.15) is 75.3 Å². The van der Waals surface area contributed by atoms with Gasteiger partial charge in [0.15, 0.2) is 0 Å². The second kappa shape index (κ2) is 29.7. The smallest absolute Gasteiger partial charge is 0.373 e. The first-order chi connectivity index (χ1) is 40.7. The Morgan fingerprint density at radius 3 is 1.11 bits per heavy atom. The van der Waals surface area contributed by atoms with E-state index in [0.29, 0.717) is 114 Å². The number of halogens is 3. The van der Waals surface area contributed by atoms with Crippen molar-refractivity contribution in [3.8, 4) is 51.2 Å². The van der Waals surface area contributed by atoms with Gasteiger partial charge in [0, 0.05) is 71.7 Å². The molecule has 0 atom stereocenters. The maximum absolute atomic E-state index is 13.3. The average Bonchev–Trinajstić information content (AvgIpc) is 3.49. The summed E-state index contributed by atoms with van der Waals surface area (Å²) < 4.78 is 80.3. The molecule has 0 aliphatic rings. The molecule has 0 aliphatic heterocycles. The standard InChI is InChI=1S/C21H21FN2O4.C21H20FNO5.C21H22FNO3.CO2/c1-12(2)27-17-9-16-18(8-14(17)10-24-11-25)28-20(19(16)21(26)23-3)13-4-6-15(22)7-5-13;1-12(2)27-17-9-16-18(8-14(17)10-26-11-24)28-20(19(16)21(25)23-3)13-4-6-15(22)7-5-13;1-5-13-10-18-16(11-17(13)25-12(2)3)19(21(24)23-4)20(26-18)14-6-8-15(22)9-7-14;2-1-3/h4-9,11-12H,10H2,1-3H3,(H,23,26)(H,24,25);4-9,11-12H,10H2,1-3H3,(H,23,25);6-12H,5H2,1-4H3,(H,23,24);. The van der Waals surface area contributed by atoms with E-state index >= 15 is 0 Å². The molecule has 9 rings (SSSR count). The lowest BCUT2D eigenvalue weighted by Crippen LogP contribution is -2.18. The largest absolute Gasteiger partial charge is 0.491 e. The van der Waals surface area contributed by atoms with Crippen molar-refractivity contribution in [2.45, 2.75) is 86.4 Å². The number of hydrogen-bond donors (Lipinski definition) is 4. The van der Waals surface area contributed by atoms with Crippen LogP contribution in [-0.4, -0.2) is 76.2 Å². The molecule has 0 spiro atoms. The van der Waals surface area contributed by atoms with Crippen molar-refractivity contribution < 1.29 is 78.9 Å². The number of hydrogen-bond acceptors (Lipinski definition) is 14. The van der Waals surface area contributed by atoms with Gasteiger partial charge in [-0.3, -0.25) is 24.0 Å². The monoisotopic (exact) mass is 1170 g/mol. The van der Waals surface area contributed by atoms with Crippen molar-refractivity contribution in [1.29, 1.82) is 0 Å². The summed E-state index contributed by atoms with van der Waals surface area (Å²) in [7, 11) is 4.62. The molecule has 18 nitrogen and oxygen atoms in total. The lowest BCUT2D eigenvalue weighted by Gasteiger charge is -2.14. The quantitative estimate of drug-likeness (QED) is 0.0551. The summed E-state index contributed by atoms with van der Waals surface area (Å²) in [6.07, 6.45) is 1.43. The average molecular weight is 1170 g/mol. The number of benzene rings is 6. The van der Waals surface area contributed by atoms with Gasteiger partial charge in [-0.15, -0.1) is 0 Å². The fourth-order valence-corrected chi connectivity index (χ4v) is 8.85. The Bertz CT molecular complexity index is 3680. The molecule has 3 heterocycles. The van der Waals surface area contributed by atoms with Gasteiger partial charge in [-0.25, -0.2) is 13.2 Å². The van der Waals surface area contributed by atoms with Crippen molar-refractivity contribution >= 4 is 69.7 Å². The van der Waals surface area contributed by atoms with Crippen LogP contribution < -0.4 is 35.5 Å². The fourth-order valence-electron chi connectivity index (χ4n) is 8.85. The number of amides is 4. The maximum Gasteiger partial charge on any atom is 0.373 e. The predicted molar refractivity (Wildman–Crippen MR) is 310 cm³/mol. The Labute approximate surface area is 486 Å². The molecular weight excluding hydrogens is 1110 g/mol. The van der Waals surface area contributed by atoms with Gasteiger partial charge in [0.05, 0.1) is 35.0 Å². The molecular formula is C64H63F3N4O14. The van der Waals surface area contributed by atoms with Gasteiger partial charge in [0.2, 0.25) is 6.41 Å². The zero-order chi connectivity index (χ0) is 62.1. The first-order valence-electron chi connectivity index (χ1n) is 26.7. The molecule has 0 saturated carbocycles. The molecule has 9 aromatic rings. The van der Waals surface area contributed by atoms with Crippen LogP contribution in [0, 0.1) is 17.5 Å².